The molecule has 17 heavy (non-hydrogen) atoms. The minimum absolute atomic E-state index is 0.439. The van der Waals surface area contributed by atoms with Gasteiger partial charge in [0.15, 0.2) is 0 Å². The Morgan fingerprint density at radius 2 is 2.00 bits per heavy atom. The van der Waals surface area contributed by atoms with Gasteiger partial charge in [-0.25, -0.2) is 0 Å². The fourth-order valence-electron chi connectivity index (χ4n) is 2.77. The maximum absolute atomic E-state index is 5.86. The topological polar surface area (TPSA) is 9.23 Å². The molecule has 1 heteroatoms. The van der Waals surface area contributed by atoms with E-state index in [4.69, 9.17) is 4.74 Å². The molecule has 94 valence electrons. The van der Waals surface area contributed by atoms with Crippen LogP contribution in [0.25, 0.3) is 0 Å². The highest BCUT2D eigenvalue weighted by Gasteiger charge is 2.26. The highest BCUT2D eigenvalue weighted by Crippen LogP contribution is 2.34. The van der Waals surface area contributed by atoms with Crippen molar-refractivity contribution in [2.24, 2.45) is 5.92 Å². The lowest BCUT2D eigenvalue weighted by atomic mass is 9.83. The summed E-state index contributed by atoms with van der Waals surface area (Å²) < 4.78 is 5.86. The van der Waals surface area contributed by atoms with E-state index >= 15 is 0 Å². The second-order valence-corrected chi connectivity index (χ2v) is 5.73. The summed E-state index contributed by atoms with van der Waals surface area (Å²) in [4.78, 5) is 0. The SMILES string of the molecule is Cc1ccc(C)c([C@H]2CCO[C@@H](C(C)C)C2)c1. The molecule has 2 rings (SSSR count). The summed E-state index contributed by atoms with van der Waals surface area (Å²) in [6.07, 6.45) is 2.80. The van der Waals surface area contributed by atoms with Crippen LogP contribution in [0.4, 0.5) is 0 Å². The predicted molar refractivity (Wildman–Crippen MR) is 72.5 cm³/mol. The molecule has 1 fully saturated rings. The second-order valence-electron chi connectivity index (χ2n) is 5.73. The average molecular weight is 232 g/mol. The Morgan fingerprint density at radius 3 is 2.71 bits per heavy atom. The molecule has 0 amide bonds. The first kappa shape index (κ1) is 12.6. The fraction of sp³-hybridized carbons (Fsp3) is 0.625. The summed E-state index contributed by atoms with van der Waals surface area (Å²) in [5, 5.41) is 0. The molecule has 0 bridgehead atoms. The summed E-state index contributed by atoms with van der Waals surface area (Å²) in [7, 11) is 0. The third-order valence-electron chi connectivity index (χ3n) is 3.93. The lowest BCUT2D eigenvalue weighted by Gasteiger charge is -2.33. The van der Waals surface area contributed by atoms with Crippen molar-refractivity contribution in [2.75, 3.05) is 6.61 Å². The second kappa shape index (κ2) is 5.22. The predicted octanol–water partition coefficient (Wildman–Crippen LogP) is 4.22. The van der Waals surface area contributed by atoms with Crippen LogP contribution < -0.4 is 0 Å². The minimum Gasteiger partial charge on any atom is -0.378 e. The zero-order chi connectivity index (χ0) is 12.4. The first-order valence-electron chi connectivity index (χ1n) is 6.76. The zero-order valence-electron chi connectivity index (χ0n) is 11.5. The molecule has 0 unspecified atom stereocenters. The van der Waals surface area contributed by atoms with Crippen LogP contribution in [-0.4, -0.2) is 12.7 Å². The van der Waals surface area contributed by atoms with Crippen LogP contribution in [0.5, 0.6) is 0 Å². The maximum Gasteiger partial charge on any atom is 0.0603 e. The average Bonchev–Trinajstić information content (AvgIpc) is 2.32. The lowest BCUT2D eigenvalue weighted by Crippen LogP contribution is -2.29. The summed E-state index contributed by atoms with van der Waals surface area (Å²) in [5.74, 6) is 1.32. The molecular formula is C16H24O. The monoisotopic (exact) mass is 232 g/mol. The van der Waals surface area contributed by atoms with Crippen LogP contribution in [0, 0.1) is 19.8 Å². The molecule has 1 nitrogen and oxygen atoms in total. The van der Waals surface area contributed by atoms with E-state index in [1.807, 2.05) is 0 Å². The van der Waals surface area contributed by atoms with E-state index < -0.39 is 0 Å². The minimum atomic E-state index is 0.439. The van der Waals surface area contributed by atoms with Gasteiger partial charge in [0.25, 0.3) is 0 Å². The largest absolute Gasteiger partial charge is 0.378 e. The van der Waals surface area contributed by atoms with Crippen molar-refractivity contribution >= 4 is 0 Å². The lowest BCUT2D eigenvalue weighted by molar-refractivity contribution is -0.0202. The highest BCUT2D eigenvalue weighted by molar-refractivity contribution is 5.33. The van der Waals surface area contributed by atoms with Crippen molar-refractivity contribution in [1.29, 1.82) is 0 Å². The molecule has 1 heterocycles. The Kier molecular flexibility index (Phi) is 3.88. The van der Waals surface area contributed by atoms with E-state index in [9.17, 15) is 0 Å². The first-order valence-corrected chi connectivity index (χ1v) is 6.76. The third-order valence-corrected chi connectivity index (χ3v) is 3.93. The molecular weight excluding hydrogens is 208 g/mol. The summed E-state index contributed by atoms with van der Waals surface area (Å²) in [6, 6.07) is 6.82. The maximum atomic E-state index is 5.86. The van der Waals surface area contributed by atoms with Crippen LogP contribution in [0.15, 0.2) is 18.2 Å². The summed E-state index contributed by atoms with van der Waals surface area (Å²) in [6.45, 7) is 9.85. The van der Waals surface area contributed by atoms with Crippen LogP contribution in [0.2, 0.25) is 0 Å². The number of hydrogen-bond acceptors (Lipinski definition) is 1. The molecule has 0 aliphatic carbocycles. The van der Waals surface area contributed by atoms with Gasteiger partial charge in [0.1, 0.15) is 0 Å². The van der Waals surface area contributed by atoms with Crippen LogP contribution in [0.1, 0.15) is 49.3 Å². The Labute approximate surface area is 105 Å². The molecule has 0 radical (unpaired) electrons. The van der Waals surface area contributed by atoms with E-state index in [0.717, 1.165) is 6.61 Å². The Balaban J connectivity index is 2.18. The van der Waals surface area contributed by atoms with Crippen LogP contribution in [0.3, 0.4) is 0 Å². The number of rotatable bonds is 2. The number of ether oxygens (including phenoxy) is 1. The van der Waals surface area contributed by atoms with E-state index in [1.165, 1.54) is 24.0 Å². The van der Waals surface area contributed by atoms with Crippen LogP contribution in [-0.2, 0) is 4.74 Å². The van der Waals surface area contributed by atoms with Gasteiger partial charge in [0, 0.05) is 6.61 Å². The summed E-state index contributed by atoms with van der Waals surface area (Å²) >= 11 is 0. The zero-order valence-corrected chi connectivity index (χ0v) is 11.5. The normalized spacial score (nSPS) is 25.2. The molecule has 1 aromatic carbocycles. The van der Waals surface area contributed by atoms with Crippen molar-refractivity contribution in [3.63, 3.8) is 0 Å². The van der Waals surface area contributed by atoms with Crippen molar-refractivity contribution in [3.05, 3.63) is 34.9 Å². The Morgan fingerprint density at radius 1 is 1.24 bits per heavy atom. The van der Waals surface area contributed by atoms with Gasteiger partial charge in [0.05, 0.1) is 6.10 Å². The van der Waals surface area contributed by atoms with Crippen molar-refractivity contribution in [3.8, 4) is 0 Å². The Bertz CT molecular complexity index is 381. The molecule has 1 aromatic rings. The van der Waals surface area contributed by atoms with E-state index in [2.05, 4.69) is 45.9 Å². The van der Waals surface area contributed by atoms with E-state index in [-0.39, 0.29) is 0 Å². The molecule has 1 saturated heterocycles. The van der Waals surface area contributed by atoms with Gasteiger partial charge in [-0.15, -0.1) is 0 Å². The van der Waals surface area contributed by atoms with Gasteiger partial charge in [-0.1, -0.05) is 37.6 Å². The van der Waals surface area contributed by atoms with Gasteiger partial charge >= 0.3 is 0 Å². The molecule has 1 aliphatic heterocycles. The van der Waals surface area contributed by atoms with E-state index in [1.54, 1.807) is 5.56 Å². The molecule has 0 N–H and O–H groups in total. The summed E-state index contributed by atoms with van der Waals surface area (Å²) in [5.41, 5.74) is 4.35. The molecule has 0 aromatic heterocycles. The fourth-order valence-corrected chi connectivity index (χ4v) is 2.77. The number of benzene rings is 1. The first-order chi connectivity index (χ1) is 8.08. The van der Waals surface area contributed by atoms with Crippen molar-refractivity contribution < 1.29 is 4.74 Å². The number of hydrogen-bond donors (Lipinski definition) is 0. The molecule has 0 saturated carbocycles. The van der Waals surface area contributed by atoms with Crippen molar-refractivity contribution in [1.82, 2.24) is 0 Å². The third kappa shape index (κ3) is 2.90. The number of aryl methyl sites for hydroxylation is 2. The highest BCUT2D eigenvalue weighted by atomic mass is 16.5. The van der Waals surface area contributed by atoms with Gasteiger partial charge in [-0.3, -0.25) is 0 Å². The van der Waals surface area contributed by atoms with Gasteiger partial charge in [0.2, 0.25) is 0 Å². The van der Waals surface area contributed by atoms with Gasteiger partial charge in [-0.05, 0) is 49.7 Å². The smallest absolute Gasteiger partial charge is 0.0603 e. The van der Waals surface area contributed by atoms with E-state index in [0.29, 0.717) is 17.9 Å². The molecule has 0 spiro atoms. The Hall–Kier alpha value is -0.820. The van der Waals surface area contributed by atoms with Gasteiger partial charge < -0.3 is 4.74 Å². The standard InChI is InChI=1S/C16H24O/c1-11(2)16-10-14(7-8-17-16)15-9-12(3)5-6-13(15)4/h5-6,9,11,14,16H,7-8,10H2,1-4H3/t14-,16+/m0/s1. The van der Waals surface area contributed by atoms with Gasteiger partial charge in [-0.2, -0.15) is 0 Å². The quantitative estimate of drug-likeness (QED) is 0.741. The van der Waals surface area contributed by atoms with Crippen molar-refractivity contribution in [2.45, 2.75) is 52.6 Å². The molecule has 2 atom stereocenters. The van der Waals surface area contributed by atoms with Crippen LogP contribution >= 0.6 is 0 Å². The molecule has 1 aliphatic rings.